The molecule has 0 saturated heterocycles. The summed E-state index contributed by atoms with van der Waals surface area (Å²) in [5, 5.41) is 0. The van der Waals surface area contributed by atoms with Crippen molar-refractivity contribution in [1.82, 2.24) is 0 Å². The number of halogens is 3. The third-order valence-electron chi connectivity index (χ3n) is 3.66. The van der Waals surface area contributed by atoms with Gasteiger partial charge in [0.25, 0.3) is 0 Å². The van der Waals surface area contributed by atoms with Gasteiger partial charge in [0.1, 0.15) is 6.61 Å². The number of ether oxygens (including phenoxy) is 1. The number of unbranched alkanes of at least 4 members (excludes halogenated alkanes) is 12. The lowest BCUT2D eigenvalue weighted by Crippen LogP contribution is -2.17. The Morgan fingerprint density at radius 1 is 0.619 bits per heavy atom. The first-order valence-electron chi connectivity index (χ1n) is 8.70. The van der Waals surface area contributed by atoms with Gasteiger partial charge in [-0.2, -0.15) is 13.2 Å². The predicted molar refractivity (Wildman–Crippen MR) is 82.6 cm³/mol. The van der Waals surface area contributed by atoms with Crippen LogP contribution in [0.5, 0.6) is 0 Å². The van der Waals surface area contributed by atoms with Crippen LogP contribution in [0, 0.1) is 0 Å². The van der Waals surface area contributed by atoms with Gasteiger partial charge in [0.2, 0.25) is 0 Å². The Bertz CT molecular complexity index is 205. The molecule has 0 rings (SSSR count). The first-order chi connectivity index (χ1) is 10.1. The Morgan fingerprint density at radius 2 is 1.00 bits per heavy atom. The summed E-state index contributed by atoms with van der Waals surface area (Å²) < 4.78 is 40.0. The molecule has 0 aromatic rings. The summed E-state index contributed by atoms with van der Waals surface area (Å²) in [6.45, 7) is 1.37. The van der Waals surface area contributed by atoms with Crippen molar-refractivity contribution in [3.05, 3.63) is 0 Å². The number of rotatable bonds is 15. The standard InChI is InChI=1S/C17H33F3O/c1-2-3-4-5-6-7-8-9-10-11-12-13-14-15-21-16-17(18,19)20/h2-16H2,1H3. The Kier molecular flexibility index (Phi) is 14.5. The third-order valence-corrected chi connectivity index (χ3v) is 3.66. The predicted octanol–water partition coefficient (Wildman–Crippen LogP) is 6.66. The molecule has 0 fully saturated rings. The van der Waals surface area contributed by atoms with Crippen LogP contribution in [0.4, 0.5) is 13.2 Å². The molecular formula is C17H33F3O. The van der Waals surface area contributed by atoms with Crippen molar-refractivity contribution in [2.45, 2.75) is 96.6 Å². The maximum absolute atomic E-state index is 11.8. The summed E-state index contributed by atoms with van der Waals surface area (Å²) >= 11 is 0. The van der Waals surface area contributed by atoms with Gasteiger partial charge in [0.15, 0.2) is 0 Å². The molecule has 0 amide bonds. The molecule has 4 heteroatoms. The van der Waals surface area contributed by atoms with Crippen LogP contribution in [0.2, 0.25) is 0 Å². The molecule has 128 valence electrons. The molecule has 0 spiro atoms. The van der Waals surface area contributed by atoms with Gasteiger partial charge in [-0.1, -0.05) is 84.0 Å². The van der Waals surface area contributed by atoms with Crippen LogP contribution in [0.1, 0.15) is 90.4 Å². The van der Waals surface area contributed by atoms with E-state index in [1.165, 1.54) is 64.2 Å². The Morgan fingerprint density at radius 3 is 1.38 bits per heavy atom. The van der Waals surface area contributed by atoms with Crippen LogP contribution in [0.3, 0.4) is 0 Å². The van der Waals surface area contributed by atoms with E-state index in [2.05, 4.69) is 11.7 Å². The van der Waals surface area contributed by atoms with E-state index in [0.717, 1.165) is 19.3 Å². The Balaban J connectivity index is 3.00. The lowest BCUT2D eigenvalue weighted by molar-refractivity contribution is -0.174. The SMILES string of the molecule is CCCCCCCCCCCCCCCOCC(F)(F)F. The Labute approximate surface area is 128 Å². The van der Waals surface area contributed by atoms with Gasteiger partial charge in [0, 0.05) is 6.61 Å². The minimum Gasteiger partial charge on any atom is -0.372 e. The molecule has 0 atom stereocenters. The monoisotopic (exact) mass is 310 g/mol. The molecule has 0 heterocycles. The van der Waals surface area contributed by atoms with Crippen molar-refractivity contribution < 1.29 is 17.9 Å². The average molecular weight is 310 g/mol. The summed E-state index contributed by atoms with van der Waals surface area (Å²) in [6.07, 6.45) is 11.9. The summed E-state index contributed by atoms with van der Waals surface area (Å²) in [5.41, 5.74) is 0. The molecule has 0 radical (unpaired) electrons. The largest absolute Gasteiger partial charge is 0.411 e. The summed E-state index contributed by atoms with van der Waals surface area (Å²) in [7, 11) is 0. The minimum atomic E-state index is -4.18. The smallest absolute Gasteiger partial charge is 0.372 e. The van der Waals surface area contributed by atoms with E-state index >= 15 is 0 Å². The van der Waals surface area contributed by atoms with Crippen LogP contribution < -0.4 is 0 Å². The van der Waals surface area contributed by atoms with Gasteiger partial charge in [0.05, 0.1) is 0 Å². The molecule has 0 aliphatic heterocycles. The molecule has 0 N–H and O–H groups in total. The molecule has 0 saturated carbocycles. The molecule has 0 unspecified atom stereocenters. The quantitative estimate of drug-likeness (QED) is 0.307. The minimum absolute atomic E-state index is 0.233. The highest BCUT2D eigenvalue weighted by Gasteiger charge is 2.27. The first kappa shape index (κ1) is 20.8. The third kappa shape index (κ3) is 19.8. The van der Waals surface area contributed by atoms with Crippen LogP contribution in [-0.2, 0) is 4.74 Å². The van der Waals surface area contributed by atoms with Crippen LogP contribution in [0.25, 0.3) is 0 Å². The number of alkyl halides is 3. The van der Waals surface area contributed by atoms with Gasteiger partial charge in [-0.05, 0) is 6.42 Å². The molecule has 0 aliphatic carbocycles. The van der Waals surface area contributed by atoms with E-state index in [1.54, 1.807) is 0 Å². The van der Waals surface area contributed by atoms with E-state index in [4.69, 9.17) is 0 Å². The molecule has 21 heavy (non-hydrogen) atoms. The highest BCUT2D eigenvalue weighted by Crippen LogP contribution is 2.15. The normalized spacial score (nSPS) is 12.0. The van der Waals surface area contributed by atoms with Crippen LogP contribution >= 0.6 is 0 Å². The molecule has 0 aliphatic rings. The fourth-order valence-electron chi connectivity index (χ4n) is 2.41. The zero-order valence-corrected chi connectivity index (χ0v) is 13.6. The highest BCUT2D eigenvalue weighted by molar-refractivity contribution is 4.50. The lowest BCUT2D eigenvalue weighted by Gasteiger charge is -2.07. The fraction of sp³-hybridized carbons (Fsp3) is 1.00. The molecular weight excluding hydrogens is 277 g/mol. The summed E-state index contributed by atoms with van der Waals surface area (Å²) in [5.74, 6) is 0. The second kappa shape index (κ2) is 14.7. The fourth-order valence-corrected chi connectivity index (χ4v) is 2.41. The second-order valence-electron chi connectivity index (χ2n) is 5.91. The molecule has 0 bridgehead atoms. The van der Waals surface area contributed by atoms with Gasteiger partial charge in [-0.3, -0.25) is 0 Å². The van der Waals surface area contributed by atoms with E-state index in [1.807, 2.05) is 0 Å². The van der Waals surface area contributed by atoms with E-state index in [-0.39, 0.29) is 6.61 Å². The number of hydrogen-bond donors (Lipinski definition) is 0. The summed E-state index contributed by atoms with van der Waals surface area (Å²) in [6, 6.07) is 0. The molecule has 1 nitrogen and oxygen atoms in total. The van der Waals surface area contributed by atoms with Crippen molar-refractivity contribution in [2.75, 3.05) is 13.2 Å². The zero-order valence-electron chi connectivity index (χ0n) is 13.6. The van der Waals surface area contributed by atoms with Crippen LogP contribution in [-0.4, -0.2) is 19.4 Å². The zero-order chi connectivity index (χ0) is 15.8. The maximum atomic E-state index is 11.8. The van der Waals surface area contributed by atoms with Gasteiger partial charge < -0.3 is 4.74 Å². The number of hydrogen-bond acceptors (Lipinski definition) is 1. The van der Waals surface area contributed by atoms with Gasteiger partial charge >= 0.3 is 6.18 Å². The van der Waals surface area contributed by atoms with E-state index < -0.39 is 12.8 Å². The first-order valence-corrected chi connectivity index (χ1v) is 8.70. The summed E-state index contributed by atoms with van der Waals surface area (Å²) in [4.78, 5) is 0. The van der Waals surface area contributed by atoms with E-state index in [0.29, 0.717) is 0 Å². The van der Waals surface area contributed by atoms with E-state index in [9.17, 15) is 13.2 Å². The van der Waals surface area contributed by atoms with Crippen molar-refractivity contribution in [3.63, 3.8) is 0 Å². The molecule has 0 aromatic carbocycles. The van der Waals surface area contributed by atoms with Crippen molar-refractivity contribution in [1.29, 1.82) is 0 Å². The van der Waals surface area contributed by atoms with Gasteiger partial charge in [-0.15, -0.1) is 0 Å². The van der Waals surface area contributed by atoms with Crippen molar-refractivity contribution in [2.24, 2.45) is 0 Å². The maximum Gasteiger partial charge on any atom is 0.411 e. The Hall–Kier alpha value is -0.250. The molecule has 0 aromatic heterocycles. The van der Waals surface area contributed by atoms with Gasteiger partial charge in [-0.25, -0.2) is 0 Å². The van der Waals surface area contributed by atoms with Crippen molar-refractivity contribution in [3.8, 4) is 0 Å². The second-order valence-corrected chi connectivity index (χ2v) is 5.91. The van der Waals surface area contributed by atoms with Crippen LogP contribution in [0.15, 0.2) is 0 Å². The van der Waals surface area contributed by atoms with Crippen molar-refractivity contribution >= 4 is 0 Å². The lowest BCUT2D eigenvalue weighted by atomic mass is 10.0. The highest BCUT2D eigenvalue weighted by atomic mass is 19.4. The topological polar surface area (TPSA) is 9.23 Å². The average Bonchev–Trinajstić information content (AvgIpc) is 2.42.